The van der Waals surface area contributed by atoms with E-state index < -0.39 is 7.82 Å². The van der Waals surface area contributed by atoms with Crippen molar-refractivity contribution in [2.45, 2.75) is 0 Å². The van der Waals surface area contributed by atoms with Crippen molar-refractivity contribution in [1.29, 1.82) is 0 Å². The van der Waals surface area contributed by atoms with Gasteiger partial charge >= 0.3 is 65.7 Å². The molecule has 0 radical (unpaired) electrons. The number of hydrogen-bond acceptors (Lipinski definition) is 3. The smallest absolute Gasteiger partial charge is 1.00 e. The van der Waals surface area contributed by atoms with E-state index in [9.17, 15) is 4.57 Å². The van der Waals surface area contributed by atoms with Crippen LogP contribution >= 0.6 is 7.82 Å². The molecule has 0 heterocycles. The van der Waals surface area contributed by atoms with Crippen LogP contribution in [0.25, 0.3) is 0 Å². The first-order valence-electron chi connectivity index (χ1n) is 1.24. The minimum atomic E-state index is -4.53. The Morgan fingerprint density at radius 1 is 1.62 bits per heavy atom. The Morgan fingerprint density at radius 3 is 2.00 bits per heavy atom. The molecule has 0 aromatic heterocycles. The van der Waals surface area contributed by atoms with Gasteiger partial charge in [0.25, 0.3) is 0 Å². The van der Waals surface area contributed by atoms with Gasteiger partial charge in [-0.2, -0.15) is 0 Å². The van der Waals surface area contributed by atoms with Crippen molar-refractivity contribution >= 4 is 14.3 Å². The molecule has 0 saturated carbocycles. The van der Waals surface area contributed by atoms with Gasteiger partial charge in [-0.25, -0.2) is 4.57 Å². The molecule has 0 aliphatic carbocycles. The van der Waals surface area contributed by atoms with Gasteiger partial charge in [-0.05, 0) is 0 Å². The fraction of sp³-hybridized carbons (Fsp3) is 0. The summed E-state index contributed by atoms with van der Waals surface area (Å²) in [5, 5.41) is 0. The first kappa shape index (κ1) is 12.0. The van der Waals surface area contributed by atoms with E-state index in [4.69, 9.17) is 14.6 Å². The van der Waals surface area contributed by atoms with Crippen LogP contribution in [0, 0.1) is 0 Å². The fourth-order valence-electron chi connectivity index (χ4n) is 0.0561. The van der Waals surface area contributed by atoms with Gasteiger partial charge in [-0.15, -0.1) is 0 Å². The minimum Gasteiger partial charge on any atom is -1.00 e. The van der Waals surface area contributed by atoms with Crippen molar-refractivity contribution in [3.8, 4) is 0 Å². The van der Waals surface area contributed by atoms with E-state index in [1.807, 2.05) is 0 Å². The molecule has 2 N–H and O–H groups in total. The molecule has 8 heavy (non-hydrogen) atoms. The zero-order valence-corrected chi connectivity index (χ0v) is 8.16. The largest absolute Gasteiger partial charge is 1.00 e. The van der Waals surface area contributed by atoms with Gasteiger partial charge in [0, 0.05) is 0 Å². The van der Waals surface area contributed by atoms with E-state index in [1.165, 1.54) is 0 Å². The Hall–Kier alpha value is 1.26. The summed E-state index contributed by atoms with van der Waals surface area (Å²) >= 11 is 0. The Bertz CT molecular complexity index is 110. The maximum atomic E-state index is 9.47. The van der Waals surface area contributed by atoms with Crippen LogP contribution in [0.5, 0.6) is 0 Å². The molecular weight excluding hydrogens is 162 g/mol. The molecule has 0 rings (SSSR count). The molecule has 5 nitrogen and oxygen atoms in total. The molecule has 0 aromatic carbocycles. The average Bonchev–Trinajstić information content (AvgIpc) is 1.30. The van der Waals surface area contributed by atoms with Gasteiger partial charge in [-0.1, -0.05) is 0 Å². The second kappa shape index (κ2) is 5.07. The topological polar surface area (TPSA) is 83.8 Å². The predicted octanol–water partition coefficient (Wildman–Crippen LogP) is -3.63. The van der Waals surface area contributed by atoms with Crippen LogP contribution in [0.15, 0.2) is 0 Å². The van der Waals surface area contributed by atoms with Crippen molar-refractivity contribution in [3.05, 3.63) is 0 Å². The number of phosphoric ester groups is 1. The third-order valence-corrected chi connectivity index (χ3v) is 0.541. The standard InChI is InChI=1S/CH3O5P.K.H/c2-1-6-7(3,4)5;;/h1H,(H2,3,4,5);;/q;+1;-1. The Balaban J connectivity index is -0.000000180. The van der Waals surface area contributed by atoms with Gasteiger partial charge in [0.1, 0.15) is 0 Å². The normalized spacial score (nSPS) is 9.25. The van der Waals surface area contributed by atoms with Crippen molar-refractivity contribution < 1.29 is 76.5 Å². The van der Waals surface area contributed by atoms with E-state index in [2.05, 4.69) is 4.52 Å². The molecular formula is CH4KO5P. The van der Waals surface area contributed by atoms with Gasteiger partial charge in [0.2, 0.25) is 0 Å². The van der Waals surface area contributed by atoms with E-state index >= 15 is 0 Å². The second-order valence-corrected chi connectivity index (χ2v) is 1.88. The van der Waals surface area contributed by atoms with Crippen molar-refractivity contribution in [2.24, 2.45) is 0 Å². The molecule has 0 aromatic rings. The monoisotopic (exact) mass is 166 g/mol. The fourth-order valence-corrected chi connectivity index (χ4v) is 0.168. The zero-order chi connectivity index (χ0) is 5.91. The van der Waals surface area contributed by atoms with Gasteiger partial charge in [-0.3, -0.25) is 14.6 Å². The van der Waals surface area contributed by atoms with Gasteiger partial charge in [0.15, 0.2) is 0 Å². The first-order valence-corrected chi connectivity index (χ1v) is 2.77. The molecule has 0 fully saturated rings. The van der Waals surface area contributed by atoms with Gasteiger partial charge in [0.05, 0.1) is 0 Å². The summed E-state index contributed by atoms with van der Waals surface area (Å²) in [4.78, 5) is 24.5. The number of rotatable bonds is 2. The Morgan fingerprint density at radius 2 is 2.00 bits per heavy atom. The molecule has 0 bridgehead atoms. The van der Waals surface area contributed by atoms with Crippen molar-refractivity contribution in [1.82, 2.24) is 0 Å². The molecule has 0 aliphatic rings. The van der Waals surface area contributed by atoms with E-state index in [0.717, 1.165) is 0 Å². The van der Waals surface area contributed by atoms with E-state index in [1.54, 1.807) is 0 Å². The summed E-state index contributed by atoms with van der Waals surface area (Å²) in [5.74, 6) is 0. The van der Waals surface area contributed by atoms with Crippen LogP contribution in [0.4, 0.5) is 0 Å². The third-order valence-electron chi connectivity index (χ3n) is 0.180. The minimum absolute atomic E-state index is 0. The zero-order valence-electron chi connectivity index (χ0n) is 5.14. The summed E-state index contributed by atoms with van der Waals surface area (Å²) in [5.41, 5.74) is 0. The van der Waals surface area contributed by atoms with Crippen LogP contribution in [-0.2, 0) is 13.9 Å². The van der Waals surface area contributed by atoms with Crippen LogP contribution in [0.3, 0.4) is 0 Å². The maximum Gasteiger partial charge on any atom is 1.00 e. The SMILES string of the molecule is O=COP(=O)(O)O.[H-].[K+]. The first-order chi connectivity index (χ1) is 3.06. The maximum absolute atomic E-state index is 9.47. The molecule has 0 unspecified atom stereocenters. The molecule has 0 amide bonds. The summed E-state index contributed by atoms with van der Waals surface area (Å²) in [6, 6.07) is 0. The second-order valence-electron chi connectivity index (χ2n) is 0.692. The van der Waals surface area contributed by atoms with Crippen LogP contribution < -0.4 is 51.4 Å². The van der Waals surface area contributed by atoms with Crippen molar-refractivity contribution in [3.63, 3.8) is 0 Å². The Labute approximate surface area is 89.6 Å². The quantitative estimate of drug-likeness (QED) is 0.251. The van der Waals surface area contributed by atoms with E-state index in [-0.39, 0.29) is 59.3 Å². The summed E-state index contributed by atoms with van der Waals surface area (Å²) in [6.07, 6.45) is 0. The molecule has 7 heteroatoms. The van der Waals surface area contributed by atoms with E-state index in [0.29, 0.717) is 0 Å². The molecule has 44 valence electrons. The number of carbonyl (C=O) groups is 1. The Kier molecular flexibility index (Phi) is 7.60. The molecule has 0 aliphatic heterocycles. The van der Waals surface area contributed by atoms with Gasteiger partial charge < -0.3 is 5.95 Å². The van der Waals surface area contributed by atoms with Crippen molar-refractivity contribution in [2.75, 3.05) is 0 Å². The summed E-state index contributed by atoms with van der Waals surface area (Å²) in [7, 11) is -4.53. The number of carbonyl (C=O) groups excluding carboxylic acids is 1. The molecule has 0 atom stereocenters. The average molecular weight is 166 g/mol. The number of hydrogen-bond donors (Lipinski definition) is 2. The summed E-state index contributed by atoms with van der Waals surface area (Å²) < 4.78 is 12.7. The predicted molar refractivity (Wildman–Crippen MR) is 20.3 cm³/mol. The van der Waals surface area contributed by atoms with Crippen LogP contribution in [0.1, 0.15) is 1.43 Å². The number of phosphoric acid groups is 1. The third kappa shape index (κ3) is 10.3. The summed E-state index contributed by atoms with van der Waals surface area (Å²) in [6.45, 7) is -0.305. The molecule has 0 saturated heterocycles. The van der Waals surface area contributed by atoms with Crippen LogP contribution in [0.2, 0.25) is 0 Å². The molecule has 0 spiro atoms. The van der Waals surface area contributed by atoms with Crippen LogP contribution in [-0.4, -0.2) is 16.3 Å².